The van der Waals surface area contributed by atoms with Crippen LogP contribution in [0.3, 0.4) is 0 Å². The molecule has 0 unspecified atom stereocenters. The molecule has 3 rings (SSSR count). The van der Waals surface area contributed by atoms with Gasteiger partial charge in [0.2, 0.25) is 0 Å². The van der Waals surface area contributed by atoms with Gasteiger partial charge in [0.25, 0.3) is 11.8 Å². The molecule has 1 saturated heterocycles. The Balaban J connectivity index is 1.52. The number of carbonyl (C=O) groups excluding carboxylic acids is 2. The summed E-state index contributed by atoms with van der Waals surface area (Å²) in [6.45, 7) is 3.97. The average molecular weight is 401 g/mol. The van der Waals surface area contributed by atoms with Gasteiger partial charge < -0.3 is 19.3 Å². The van der Waals surface area contributed by atoms with Crippen molar-refractivity contribution in [3.8, 4) is 11.5 Å². The van der Waals surface area contributed by atoms with Gasteiger partial charge >= 0.3 is 0 Å². The van der Waals surface area contributed by atoms with E-state index in [1.807, 2.05) is 48.7 Å². The summed E-state index contributed by atoms with van der Waals surface area (Å²) in [7, 11) is 1.58. The van der Waals surface area contributed by atoms with E-state index < -0.39 is 0 Å². The van der Waals surface area contributed by atoms with E-state index in [-0.39, 0.29) is 18.4 Å². The molecule has 0 N–H and O–H groups in total. The zero-order valence-corrected chi connectivity index (χ0v) is 16.9. The molecule has 0 spiro atoms. The SMILES string of the molecule is C/C=C/c1ccc(OCC(=O)N2CCN(C(=O)c3cccs3)CC2)c(OC)c1. The number of piperazine rings is 1. The van der Waals surface area contributed by atoms with Gasteiger partial charge in [0.15, 0.2) is 18.1 Å². The highest BCUT2D eigenvalue weighted by molar-refractivity contribution is 7.12. The summed E-state index contributed by atoms with van der Waals surface area (Å²) >= 11 is 1.44. The molecule has 6 nitrogen and oxygen atoms in total. The third-order valence-electron chi connectivity index (χ3n) is 4.55. The van der Waals surface area contributed by atoms with Gasteiger partial charge in [0.1, 0.15) is 0 Å². The first-order valence-electron chi connectivity index (χ1n) is 9.16. The Kier molecular flexibility index (Phi) is 6.71. The van der Waals surface area contributed by atoms with Crippen molar-refractivity contribution in [2.75, 3.05) is 39.9 Å². The summed E-state index contributed by atoms with van der Waals surface area (Å²) in [5.41, 5.74) is 1.00. The summed E-state index contributed by atoms with van der Waals surface area (Å²) in [6.07, 6.45) is 3.91. The molecular formula is C21H24N2O4S. The number of amides is 2. The number of methoxy groups -OCH3 is 1. The smallest absolute Gasteiger partial charge is 0.264 e. The van der Waals surface area contributed by atoms with Crippen molar-refractivity contribution < 1.29 is 19.1 Å². The average Bonchev–Trinajstić information content (AvgIpc) is 3.27. The number of benzene rings is 1. The number of hydrogen-bond donors (Lipinski definition) is 0. The Hall–Kier alpha value is -2.80. The largest absolute Gasteiger partial charge is 0.493 e. The van der Waals surface area contributed by atoms with Crippen LogP contribution in [-0.4, -0.2) is 61.5 Å². The topological polar surface area (TPSA) is 59.1 Å². The summed E-state index contributed by atoms with van der Waals surface area (Å²) in [5.74, 6) is 1.07. The molecule has 1 aliphatic rings. The minimum atomic E-state index is -0.0946. The van der Waals surface area contributed by atoms with E-state index in [0.717, 1.165) is 10.4 Å². The van der Waals surface area contributed by atoms with Crippen LogP contribution in [0.5, 0.6) is 11.5 Å². The van der Waals surface area contributed by atoms with Crippen LogP contribution in [0.25, 0.3) is 6.08 Å². The molecule has 28 heavy (non-hydrogen) atoms. The van der Waals surface area contributed by atoms with E-state index in [1.165, 1.54) is 11.3 Å². The van der Waals surface area contributed by atoms with E-state index in [2.05, 4.69) is 0 Å². The highest BCUT2D eigenvalue weighted by Gasteiger charge is 2.25. The predicted octanol–water partition coefficient (Wildman–Crippen LogP) is 3.15. The van der Waals surface area contributed by atoms with E-state index in [0.29, 0.717) is 37.7 Å². The molecule has 148 valence electrons. The minimum Gasteiger partial charge on any atom is -0.493 e. The molecule has 0 aliphatic carbocycles. The van der Waals surface area contributed by atoms with Crippen LogP contribution in [-0.2, 0) is 4.79 Å². The number of hydrogen-bond acceptors (Lipinski definition) is 5. The van der Waals surface area contributed by atoms with Gasteiger partial charge in [-0.3, -0.25) is 9.59 Å². The molecule has 0 saturated carbocycles. The van der Waals surface area contributed by atoms with Gasteiger partial charge in [-0.15, -0.1) is 11.3 Å². The zero-order valence-electron chi connectivity index (χ0n) is 16.1. The second kappa shape index (κ2) is 9.41. The first-order valence-corrected chi connectivity index (χ1v) is 10.0. The zero-order chi connectivity index (χ0) is 19.9. The Bertz CT molecular complexity index is 840. The summed E-state index contributed by atoms with van der Waals surface area (Å²) in [4.78, 5) is 29.1. The number of rotatable bonds is 6. The molecule has 2 amide bonds. The van der Waals surface area contributed by atoms with Crippen molar-refractivity contribution in [1.82, 2.24) is 9.80 Å². The standard InChI is InChI=1S/C21H24N2O4S/c1-3-5-16-7-8-17(18(14-16)26-2)27-15-20(24)22-9-11-23(12-10-22)21(25)19-6-4-13-28-19/h3-8,13-14H,9-12,15H2,1-2H3/b5-3+. The third-order valence-corrected chi connectivity index (χ3v) is 5.41. The molecule has 1 aliphatic heterocycles. The summed E-state index contributed by atoms with van der Waals surface area (Å²) < 4.78 is 11.0. The number of carbonyl (C=O) groups is 2. The maximum Gasteiger partial charge on any atom is 0.264 e. The van der Waals surface area contributed by atoms with Crippen molar-refractivity contribution in [3.05, 3.63) is 52.2 Å². The van der Waals surface area contributed by atoms with E-state index >= 15 is 0 Å². The van der Waals surface area contributed by atoms with Gasteiger partial charge in [-0.2, -0.15) is 0 Å². The fraction of sp³-hybridized carbons (Fsp3) is 0.333. The first kappa shape index (κ1) is 19.9. The Morgan fingerprint density at radius 2 is 1.86 bits per heavy atom. The van der Waals surface area contributed by atoms with Gasteiger partial charge in [-0.1, -0.05) is 24.3 Å². The lowest BCUT2D eigenvalue weighted by molar-refractivity contribution is -0.134. The van der Waals surface area contributed by atoms with Crippen molar-refractivity contribution in [2.24, 2.45) is 0 Å². The van der Waals surface area contributed by atoms with Crippen molar-refractivity contribution in [1.29, 1.82) is 0 Å². The Morgan fingerprint density at radius 1 is 1.11 bits per heavy atom. The van der Waals surface area contributed by atoms with Crippen LogP contribution in [0.2, 0.25) is 0 Å². The number of thiophene rings is 1. The molecule has 0 bridgehead atoms. The molecular weight excluding hydrogens is 376 g/mol. The Morgan fingerprint density at radius 3 is 2.50 bits per heavy atom. The van der Waals surface area contributed by atoms with Gasteiger partial charge in [-0.05, 0) is 36.1 Å². The second-order valence-corrected chi connectivity index (χ2v) is 7.30. The van der Waals surface area contributed by atoms with Crippen molar-refractivity contribution >= 4 is 29.2 Å². The quantitative estimate of drug-likeness (QED) is 0.747. The molecule has 0 radical (unpaired) electrons. The molecule has 1 aromatic carbocycles. The second-order valence-electron chi connectivity index (χ2n) is 6.35. The molecule has 1 aromatic heterocycles. The van der Waals surface area contributed by atoms with Crippen LogP contribution in [0.1, 0.15) is 22.2 Å². The monoisotopic (exact) mass is 400 g/mol. The van der Waals surface area contributed by atoms with Crippen LogP contribution < -0.4 is 9.47 Å². The van der Waals surface area contributed by atoms with Crippen LogP contribution in [0, 0.1) is 0 Å². The minimum absolute atomic E-state index is 0.0318. The lowest BCUT2D eigenvalue weighted by atomic mass is 10.2. The van der Waals surface area contributed by atoms with E-state index in [4.69, 9.17) is 9.47 Å². The number of ether oxygens (including phenoxy) is 2. The normalized spacial score (nSPS) is 14.4. The van der Waals surface area contributed by atoms with Gasteiger partial charge in [0, 0.05) is 26.2 Å². The molecule has 2 heterocycles. The fourth-order valence-electron chi connectivity index (χ4n) is 3.05. The lowest BCUT2D eigenvalue weighted by Crippen LogP contribution is -2.51. The van der Waals surface area contributed by atoms with Crippen molar-refractivity contribution in [2.45, 2.75) is 6.92 Å². The van der Waals surface area contributed by atoms with E-state index in [9.17, 15) is 9.59 Å². The number of allylic oxidation sites excluding steroid dienone is 1. The highest BCUT2D eigenvalue weighted by atomic mass is 32.1. The molecule has 2 aromatic rings. The maximum atomic E-state index is 12.5. The fourth-order valence-corrected chi connectivity index (χ4v) is 3.74. The molecule has 7 heteroatoms. The van der Waals surface area contributed by atoms with Gasteiger partial charge in [-0.25, -0.2) is 0 Å². The van der Waals surface area contributed by atoms with Crippen LogP contribution >= 0.6 is 11.3 Å². The van der Waals surface area contributed by atoms with Crippen LogP contribution in [0.15, 0.2) is 41.8 Å². The molecule has 1 fully saturated rings. The summed E-state index contributed by atoms with van der Waals surface area (Å²) in [5, 5.41) is 1.89. The van der Waals surface area contributed by atoms with Crippen molar-refractivity contribution in [3.63, 3.8) is 0 Å². The van der Waals surface area contributed by atoms with Crippen LogP contribution in [0.4, 0.5) is 0 Å². The predicted molar refractivity (Wildman–Crippen MR) is 110 cm³/mol. The third kappa shape index (κ3) is 4.72. The maximum absolute atomic E-state index is 12.5. The molecule has 0 atom stereocenters. The van der Waals surface area contributed by atoms with E-state index in [1.54, 1.807) is 23.0 Å². The first-order chi connectivity index (χ1) is 13.6. The Labute approximate surface area is 169 Å². The lowest BCUT2D eigenvalue weighted by Gasteiger charge is -2.34. The summed E-state index contributed by atoms with van der Waals surface area (Å²) in [6, 6.07) is 9.28. The van der Waals surface area contributed by atoms with Gasteiger partial charge in [0.05, 0.1) is 12.0 Å². The highest BCUT2D eigenvalue weighted by Crippen LogP contribution is 2.28. The number of nitrogens with zero attached hydrogens (tertiary/aromatic N) is 2.